The molecule has 1 aliphatic rings. The molecular weight excluding hydrogens is 372 g/mol. The van der Waals surface area contributed by atoms with Gasteiger partial charge in [0.2, 0.25) is 0 Å². The summed E-state index contributed by atoms with van der Waals surface area (Å²) < 4.78 is 0. The number of nitrogens with one attached hydrogen (secondary N) is 2. The second-order valence-corrected chi connectivity index (χ2v) is 8.45. The lowest BCUT2D eigenvalue weighted by Crippen LogP contribution is -2.38. The van der Waals surface area contributed by atoms with E-state index >= 15 is 0 Å². The lowest BCUT2D eigenvalue weighted by molar-refractivity contribution is 0.0792. The summed E-state index contributed by atoms with van der Waals surface area (Å²) in [6.45, 7) is 8.87. The smallest absolute Gasteiger partial charge is 0.191 e. The molecule has 0 amide bonds. The largest absolute Gasteiger partial charge is 0.393 e. The van der Waals surface area contributed by atoms with E-state index < -0.39 is 0 Å². The zero-order valence-electron chi connectivity index (χ0n) is 18.6. The first-order chi connectivity index (χ1) is 14.5. The molecule has 162 valence electrons. The number of hydrogen-bond acceptors (Lipinski definition) is 3. The van der Waals surface area contributed by atoms with E-state index in [1.165, 1.54) is 22.3 Å². The molecule has 0 aliphatic carbocycles. The molecule has 1 fully saturated rings. The Morgan fingerprint density at radius 1 is 1.10 bits per heavy atom. The molecule has 1 unspecified atom stereocenters. The summed E-state index contributed by atoms with van der Waals surface area (Å²) in [7, 11) is 1.81. The molecule has 1 aliphatic heterocycles. The maximum atomic E-state index is 9.64. The molecule has 30 heavy (non-hydrogen) atoms. The van der Waals surface area contributed by atoms with Crippen LogP contribution in [0.5, 0.6) is 0 Å². The minimum atomic E-state index is -0.113. The maximum Gasteiger partial charge on any atom is 0.191 e. The summed E-state index contributed by atoms with van der Waals surface area (Å²) >= 11 is 0. The number of hydrogen-bond donors (Lipinski definition) is 3. The molecular formula is C25H36N4O. The van der Waals surface area contributed by atoms with Gasteiger partial charge in [0.25, 0.3) is 0 Å². The molecule has 0 aromatic heterocycles. The van der Waals surface area contributed by atoms with Crippen molar-refractivity contribution in [2.24, 2.45) is 4.99 Å². The highest BCUT2D eigenvalue weighted by Gasteiger charge is 2.16. The number of nitrogens with zero attached hydrogens (tertiary/aromatic N) is 2. The van der Waals surface area contributed by atoms with E-state index in [9.17, 15) is 5.11 Å². The van der Waals surface area contributed by atoms with Crippen molar-refractivity contribution in [2.45, 2.75) is 51.8 Å². The summed E-state index contributed by atoms with van der Waals surface area (Å²) in [6, 6.07) is 17.5. The van der Waals surface area contributed by atoms with Crippen molar-refractivity contribution in [1.29, 1.82) is 0 Å². The fourth-order valence-electron chi connectivity index (χ4n) is 3.85. The second kappa shape index (κ2) is 11.1. The van der Waals surface area contributed by atoms with Crippen LogP contribution in [0.15, 0.2) is 53.5 Å². The fraction of sp³-hybridized carbons (Fsp3) is 0.480. The van der Waals surface area contributed by atoms with E-state index in [2.05, 4.69) is 82.9 Å². The Labute approximate surface area is 181 Å². The van der Waals surface area contributed by atoms with Gasteiger partial charge in [0.15, 0.2) is 5.96 Å². The standard InChI is InChI=1S/C25H36N4O/c1-19-5-4-6-23(15-19)20(2)16-27-25(26-3)28-17-21-7-9-22(10-8-21)18-29-13-11-24(30)12-14-29/h4-10,15,20,24,30H,11-14,16-18H2,1-3H3,(H2,26,27,28). The van der Waals surface area contributed by atoms with Gasteiger partial charge in [-0.25, -0.2) is 0 Å². The van der Waals surface area contributed by atoms with E-state index in [1.807, 2.05) is 7.05 Å². The van der Waals surface area contributed by atoms with Gasteiger partial charge in [0.05, 0.1) is 6.10 Å². The first-order valence-corrected chi connectivity index (χ1v) is 11.0. The van der Waals surface area contributed by atoms with Crippen LogP contribution in [0.1, 0.15) is 47.9 Å². The van der Waals surface area contributed by atoms with E-state index in [1.54, 1.807) is 0 Å². The second-order valence-electron chi connectivity index (χ2n) is 8.45. The van der Waals surface area contributed by atoms with Crippen LogP contribution in [0.4, 0.5) is 0 Å². The van der Waals surface area contributed by atoms with E-state index in [0.717, 1.165) is 51.5 Å². The highest BCUT2D eigenvalue weighted by Crippen LogP contribution is 2.16. The van der Waals surface area contributed by atoms with Crippen LogP contribution in [0, 0.1) is 6.92 Å². The predicted octanol–water partition coefficient (Wildman–Crippen LogP) is 3.42. The van der Waals surface area contributed by atoms with Crippen molar-refractivity contribution >= 4 is 5.96 Å². The number of benzene rings is 2. The van der Waals surface area contributed by atoms with Crippen molar-refractivity contribution in [1.82, 2.24) is 15.5 Å². The molecule has 2 aromatic rings. The van der Waals surface area contributed by atoms with Gasteiger partial charge in [-0.05, 0) is 42.4 Å². The highest BCUT2D eigenvalue weighted by molar-refractivity contribution is 5.79. The zero-order chi connectivity index (χ0) is 21.3. The average molecular weight is 409 g/mol. The van der Waals surface area contributed by atoms with Crippen LogP contribution < -0.4 is 10.6 Å². The van der Waals surface area contributed by atoms with Crippen molar-refractivity contribution in [3.8, 4) is 0 Å². The lowest BCUT2D eigenvalue weighted by atomic mass is 9.99. The van der Waals surface area contributed by atoms with Gasteiger partial charge in [0.1, 0.15) is 0 Å². The third-order valence-electron chi connectivity index (χ3n) is 5.86. The Bertz CT molecular complexity index is 810. The third kappa shape index (κ3) is 6.85. The van der Waals surface area contributed by atoms with Crippen molar-refractivity contribution in [3.05, 3.63) is 70.8 Å². The maximum absolute atomic E-state index is 9.64. The first-order valence-electron chi connectivity index (χ1n) is 11.0. The molecule has 5 nitrogen and oxygen atoms in total. The molecule has 2 aromatic carbocycles. The SMILES string of the molecule is CN=C(NCc1ccc(CN2CCC(O)CC2)cc1)NCC(C)c1cccc(C)c1. The van der Waals surface area contributed by atoms with Crippen LogP contribution in [-0.2, 0) is 13.1 Å². The van der Waals surface area contributed by atoms with Crippen LogP contribution in [-0.4, -0.2) is 48.8 Å². The highest BCUT2D eigenvalue weighted by atomic mass is 16.3. The number of aryl methyl sites for hydroxylation is 1. The van der Waals surface area contributed by atoms with E-state index in [0.29, 0.717) is 5.92 Å². The number of likely N-dealkylation sites (tertiary alicyclic amines) is 1. The Morgan fingerprint density at radius 2 is 1.80 bits per heavy atom. The molecule has 0 bridgehead atoms. The number of rotatable bonds is 7. The summed E-state index contributed by atoms with van der Waals surface area (Å²) in [4.78, 5) is 6.77. The van der Waals surface area contributed by atoms with Crippen molar-refractivity contribution in [3.63, 3.8) is 0 Å². The number of piperidine rings is 1. The molecule has 0 saturated carbocycles. The van der Waals surface area contributed by atoms with Gasteiger partial charge in [-0.2, -0.15) is 0 Å². The Hall–Kier alpha value is -2.37. The van der Waals surface area contributed by atoms with Gasteiger partial charge in [-0.3, -0.25) is 9.89 Å². The third-order valence-corrected chi connectivity index (χ3v) is 5.86. The molecule has 1 saturated heterocycles. The fourth-order valence-corrected chi connectivity index (χ4v) is 3.85. The molecule has 5 heteroatoms. The van der Waals surface area contributed by atoms with E-state index in [4.69, 9.17) is 0 Å². The number of aliphatic hydroxyl groups excluding tert-OH is 1. The molecule has 3 N–H and O–H groups in total. The Morgan fingerprint density at radius 3 is 2.47 bits per heavy atom. The minimum Gasteiger partial charge on any atom is -0.393 e. The quantitative estimate of drug-likeness (QED) is 0.485. The van der Waals surface area contributed by atoms with Crippen LogP contribution in [0.25, 0.3) is 0 Å². The normalized spacial score (nSPS) is 17.0. The van der Waals surface area contributed by atoms with Gasteiger partial charge in [-0.15, -0.1) is 0 Å². The summed E-state index contributed by atoms with van der Waals surface area (Å²) in [5.74, 6) is 1.24. The molecule has 1 atom stereocenters. The summed E-state index contributed by atoms with van der Waals surface area (Å²) in [5, 5.41) is 16.5. The van der Waals surface area contributed by atoms with Crippen molar-refractivity contribution < 1.29 is 5.11 Å². The predicted molar refractivity (Wildman–Crippen MR) is 125 cm³/mol. The molecule has 3 rings (SSSR count). The number of aliphatic imine (C=N–C) groups is 1. The first kappa shape index (κ1) is 22.3. The number of guanidine groups is 1. The van der Waals surface area contributed by atoms with Gasteiger partial charge in [-0.1, -0.05) is 61.0 Å². The van der Waals surface area contributed by atoms with Crippen LogP contribution >= 0.6 is 0 Å². The molecule has 0 radical (unpaired) electrons. The lowest BCUT2D eigenvalue weighted by Gasteiger charge is -2.29. The van der Waals surface area contributed by atoms with Gasteiger partial charge < -0.3 is 15.7 Å². The average Bonchev–Trinajstić information content (AvgIpc) is 2.76. The van der Waals surface area contributed by atoms with E-state index in [-0.39, 0.29) is 6.10 Å². The van der Waals surface area contributed by atoms with Gasteiger partial charge in [0, 0.05) is 39.8 Å². The van der Waals surface area contributed by atoms with Gasteiger partial charge >= 0.3 is 0 Å². The van der Waals surface area contributed by atoms with Crippen LogP contribution in [0.2, 0.25) is 0 Å². The summed E-state index contributed by atoms with van der Waals surface area (Å²) in [6.07, 6.45) is 1.66. The topological polar surface area (TPSA) is 59.9 Å². The number of aliphatic hydroxyl groups is 1. The van der Waals surface area contributed by atoms with Crippen molar-refractivity contribution in [2.75, 3.05) is 26.7 Å². The minimum absolute atomic E-state index is 0.113. The monoisotopic (exact) mass is 408 g/mol. The Balaban J connectivity index is 1.43. The van der Waals surface area contributed by atoms with Crippen LogP contribution in [0.3, 0.4) is 0 Å². The molecule has 1 heterocycles. The summed E-state index contributed by atoms with van der Waals surface area (Å²) in [5.41, 5.74) is 5.20. The zero-order valence-corrected chi connectivity index (χ0v) is 18.6. The Kier molecular flexibility index (Phi) is 8.29. The molecule has 0 spiro atoms.